The number of hydrogen-bond acceptors (Lipinski definition) is 5. The Bertz CT molecular complexity index is 1050. The summed E-state index contributed by atoms with van der Waals surface area (Å²) < 4.78 is 13.4. The number of nitrogens with one attached hydrogen (secondary N) is 1. The quantitative estimate of drug-likeness (QED) is 0.723. The summed E-state index contributed by atoms with van der Waals surface area (Å²) in [5.41, 5.74) is 10.3. The highest BCUT2D eigenvalue weighted by atomic mass is 16.5. The molecule has 1 fully saturated rings. The Kier molecular flexibility index (Phi) is 4.52. The van der Waals surface area contributed by atoms with E-state index in [0.717, 1.165) is 40.1 Å². The minimum Gasteiger partial charge on any atom is -0.378 e. The van der Waals surface area contributed by atoms with Crippen LogP contribution in [0.25, 0.3) is 16.8 Å². The molecule has 3 aromatic heterocycles. The summed E-state index contributed by atoms with van der Waals surface area (Å²) in [6, 6.07) is 7.29. The van der Waals surface area contributed by atoms with Crippen LogP contribution in [0.1, 0.15) is 23.4 Å². The maximum atomic E-state index is 11.2. The van der Waals surface area contributed by atoms with Gasteiger partial charge in [-0.25, -0.2) is 14.8 Å². The van der Waals surface area contributed by atoms with Crippen LogP contribution in [0.5, 0.6) is 0 Å². The smallest absolute Gasteiger partial charge is 0.317 e. The molecule has 0 unspecified atom stereocenters. The van der Waals surface area contributed by atoms with Gasteiger partial charge < -0.3 is 19.6 Å². The molecule has 146 valence electrons. The summed E-state index contributed by atoms with van der Waals surface area (Å²) >= 11 is 0. The van der Waals surface area contributed by atoms with Crippen LogP contribution in [-0.4, -0.2) is 40.7 Å². The Morgan fingerprint density at radius 2 is 2.14 bits per heavy atom. The Morgan fingerprint density at radius 1 is 1.32 bits per heavy atom. The first kappa shape index (κ1) is 18.4. The van der Waals surface area contributed by atoms with Gasteiger partial charge in [0, 0.05) is 37.5 Å². The van der Waals surface area contributed by atoms with Crippen molar-refractivity contribution in [1.82, 2.24) is 14.4 Å². The number of primary amides is 1. The normalized spacial score (nSPS) is 19.2. The number of urea groups is 1. The predicted molar refractivity (Wildman–Crippen MR) is 105 cm³/mol. The second-order valence-corrected chi connectivity index (χ2v) is 7.13. The minimum absolute atomic E-state index is 0.393. The third kappa shape index (κ3) is 3.10. The number of nitrogens with zero attached hydrogens (tertiary/aromatic N) is 3. The van der Waals surface area contributed by atoms with Gasteiger partial charge in [0.2, 0.25) is 0 Å². The fourth-order valence-corrected chi connectivity index (χ4v) is 3.71. The zero-order valence-corrected chi connectivity index (χ0v) is 16.2. The average Bonchev–Trinajstić information content (AvgIpc) is 3.26. The van der Waals surface area contributed by atoms with Crippen molar-refractivity contribution in [2.75, 3.05) is 25.6 Å². The first-order valence-electron chi connectivity index (χ1n) is 9.08. The van der Waals surface area contributed by atoms with E-state index in [4.69, 9.17) is 20.2 Å². The van der Waals surface area contributed by atoms with Crippen molar-refractivity contribution in [1.29, 1.82) is 0 Å². The molecule has 0 spiro atoms. The van der Waals surface area contributed by atoms with Crippen molar-refractivity contribution in [3.63, 3.8) is 0 Å². The number of hydrogen-bond donors (Lipinski definition) is 2. The van der Waals surface area contributed by atoms with Gasteiger partial charge in [0.05, 0.1) is 23.5 Å². The second-order valence-electron chi connectivity index (χ2n) is 7.13. The van der Waals surface area contributed by atoms with Crippen LogP contribution in [0.3, 0.4) is 0 Å². The number of nitrogens with two attached hydrogens (primary N) is 1. The lowest BCUT2D eigenvalue weighted by atomic mass is 9.95. The van der Waals surface area contributed by atoms with Gasteiger partial charge in [0.1, 0.15) is 17.7 Å². The van der Waals surface area contributed by atoms with Crippen LogP contribution in [-0.2, 0) is 15.1 Å². The van der Waals surface area contributed by atoms with Crippen LogP contribution in [0.15, 0.2) is 30.6 Å². The van der Waals surface area contributed by atoms with Gasteiger partial charge in [-0.1, -0.05) is 0 Å². The SMILES string of the molecule is CO[C@]1(c2cc(C)cc(-c3cc(C)n4cnc(NC(N)=O)cc34)n2)CCOC1. The molecule has 4 rings (SSSR count). The zero-order valence-electron chi connectivity index (χ0n) is 16.2. The Labute approximate surface area is 162 Å². The van der Waals surface area contributed by atoms with Crippen LogP contribution in [0, 0.1) is 13.8 Å². The summed E-state index contributed by atoms with van der Waals surface area (Å²) in [7, 11) is 1.70. The lowest BCUT2D eigenvalue weighted by Gasteiger charge is -2.26. The molecule has 8 heteroatoms. The summed E-state index contributed by atoms with van der Waals surface area (Å²) in [5.74, 6) is 0.393. The van der Waals surface area contributed by atoms with Gasteiger partial charge in [-0.2, -0.15) is 0 Å². The summed E-state index contributed by atoms with van der Waals surface area (Å²) in [4.78, 5) is 20.4. The highest BCUT2D eigenvalue weighted by Gasteiger charge is 2.38. The molecule has 0 radical (unpaired) electrons. The number of fused-ring (bicyclic) bond motifs is 1. The highest BCUT2D eigenvalue weighted by Crippen LogP contribution is 2.36. The number of amides is 2. The van der Waals surface area contributed by atoms with Gasteiger partial charge in [-0.05, 0) is 37.6 Å². The number of aromatic nitrogens is 3. The van der Waals surface area contributed by atoms with Gasteiger partial charge in [0.25, 0.3) is 0 Å². The number of ether oxygens (including phenoxy) is 2. The third-order valence-electron chi connectivity index (χ3n) is 5.19. The lowest BCUT2D eigenvalue weighted by Crippen LogP contribution is -2.30. The molecule has 28 heavy (non-hydrogen) atoms. The molecule has 0 aromatic carbocycles. The maximum Gasteiger partial charge on any atom is 0.317 e. The van der Waals surface area contributed by atoms with E-state index in [-0.39, 0.29) is 0 Å². The first-order valence-corrected chi connectivity index (χ1v) is 9.08. The van der Waals surface area contributed by atoms with Gasteiger partial charge in [0.15, 0.2) is 0 Å². The number of rotatable bonds is 4. The zero-order chi connectivity index (χ0) is 19.9. The predicted octanol–water partition coefficient (Wildman–Crippen LogP) is 2.77. The van der Waals surface area contributed by atoms with E-state index in [1.54, 1.807) is 19.5 Å². The number of carbonyl (C=O) groups excluding carboxylic acids is 1. The number of anilines is 1. The van der Waals surface area contributed by atoms with Crippen molar-refractivity contribution in [2.45, 2.75) is 25.9 Å². The van der Waals surface area contributed by atoms with E-state index in [0.29, 0.717) is 19.0 Å². The fraction of sp³-hybridized carbons (Fsp3) is 0.350. The Balaban J connectivity index is 1.87. The van der Waals surface area contributed by atoms with E-state index in [1.807, 2.05) is 24.3 Å². The molecular formula is C20H23N5O3. The standard InChI is InChI=1S/C20H23N5O3/c1-12-6-15(23-17(7-12)20(27-3)4-5-28-10-20)14-8-13(2)25-11-22-18(9-16(14)25)24-19(21)26/h6-9,11H,4-5,10H2,1-3H3,(H3,21,24,26)/t20-/m1/s1. The van der Waals surface area contributed by atoms with E-state index in [9.17, 15) is 4.79 Å². The largest absolute Gasteiger partial charge is 0.378 e. The van der Waals surface area contributed by atoms with Gasteiger partial charge >= 0.3 is 6.03 Å². The molecule has 0 saturated carbocycles. The molecule has 1 aliphatic heterocycles. The summed E-state index contributed by atoms with van der Waals surface area (Å²) in [5, 5.41) is 2.53. The van der Waals surface area contributed by atoms with Crippen molar-refractivity contribution >= 4 is 17.4 Å². The molecule has 0 aliphatic carbocycles. The fourth-order valence-electron chi connectivity index (χ4n) is 3.71. The molecule has 1 atom stereocenters. The molecule has 1 saturated heterocycles. The molecule has 8 nitrogen and oxygen atoms in total. The van der Waals surface area contributed by atoms with Crippen LogP contribution < -0.4 is 11.1 Å². The van der Waals surface area contributed by atoms with Crippen molar-refractivity contribution in [3.8, 4) is 11.3 Å². The van der Waals surface area contributed by atoms with E-state index >= 15 is 0 Å². The van der Waals surface area contributed by atoms with Gasteiger partial charge in [-0.15, -0.1) is 0 Å². The van der Waals surface area contributed by atoms with Crippen molar-refractivity contribution in [2.24, 2.45) is 5.73 Å². The van der Waals surface area contributed by atoms with E-state index in [1.165, 1.54) is 0 Å². The third-order valence-corrected chi connectivity index (χ3v) is 5.19. The second kappa shape index (κ2) is 6.88. The number of carbonyl (C=O) groups is 1. The van der Waals surface area contributed by atoms with E-state index in [2.05, 4.69) is 22.4 Å². The number of methoxy groups -OCH3 is 1. The molecule has 2 amide bonds. The Hall–Kier alpha value is -2.97. The van der Waals surface area contributed by atoms with Crippen LogP contribution in [0.4, 0.5) is 10.6 Å². The first-order chi connectivity index (χ1) is 13.4. The Morgan fingerprint density at radius 3 is 2.82 bits per heavy atom. The van der Waals surface area contributed by atoms with Crippen LogP contribution in [0.2, 0.25) is 0 Å². The minimum atomic E-state index is -0.652. The molecule has 0 bridgehead atoms. The average molecular weight is 381 g/mol. The number of pyridine rings is 1. The van der Waals surface area contributed by atoms with E-state index < -0.39 is 11.6 Å². The van der Waals surface area contributed by atoms with Crippen molar-refractivity contribution < 1.29 is 14.3 Å². The summed E-state index contributed by atoms with van der Waals surface area (Å²) in [6.45, 7) is 5.19. The summed E-state index contributed by atoms with van der Waals surface area (Å²) in [6.07, 6.45) is 2.43. The molecule has 3 aromatic rings. The monoisotopic (exact) mass is 381 g/mol. The van der Waals surface area contributed by atoms with Gasteiger partial charge in [-0.3, -0.25) is 5.32 Å². The highest BCUT2D eigenvalue weighted by molar-refractivity contribution is 5.89. The lowest BCUT2D eigenvalue weighted by molar-refractivity contribution is -0.0245. The molecule has 4 heterocycles. The molecular weight excluding hydrogens is 358 g/mol. The van der Waals surface area contributed by atoms with Crippen molar-refractivity contribution in [3.05, 3.63) is 47.5 Å². The maximum absolute atomic E-state index is 11.2. The molecule has 3 N–H and O–H groups in total. The molecule has 1 aliphatic rings. The van der Waals surface area contributed by atoms with Crippen LogP contribution >= 0.6 is 0 Å². The topological polar surface area (TPSA) is 104 Å². The number of aryl methyl sites for hydroxylation is 2.